The van der Waals surface area contributed by atoms with Crippen LogP contribution in [0.3, 0.4) is 0 Å². The van der Waals surface area contributed by atoms with Crippen molar-refractivity contribution in [3.05, 3.63) is 59.8 Å². The first-order chi connectivity index (χ1) is 13.7. The van der Waals surface area contributed by atoms with E-state index in [1.54, 1.807) is 18.3 Å². The molecule has 3 aromatic rings. The van der Waals surface area contributed by atoms with E-state index in [1.807, 2.05) is 37.3 Å². The van der Waals surface area contributed by atoms with Gasteiger partial charge in [-0.15, -0.1) is 5.10 Å². The summed E-state index contributed by atoms with van der Waals surface area (Å²) in [4.78, 5) is 12.9. The van der Waals surface area contributed by atoms with Gasteiger partial charge in [0.1, 0.15) is 6.10 Å². The summed E-state index contributed by atoms with van der Waals surface area (Å²) in [7, 11) is 0. The Morgan fingerprint density at radius 1 is 1.21 bits per heavy atom. The average molecular weight is 381 g/mol. The van der Waals surface area contributed by atoms with Crippen LogP contribution in [0.15, 0.2) is 48.7 Å². The molecule has 1 N–H and O–H groups in total. The fourth-order valence-electron chi connectivity index (χ4n) is 3.45. The van der Waals surface area contributed by atoms with Gasteiger partial charge in [-0.1, -0.05) is 30.3 Å². The van der Waals surface area contributed by atoms with Crippen LogP contribution < -0.4 is 5.32 Å². The molecular weight excluding hydrogens is 358 g/mol. The Labute approximate surface area is 162 Å². The number of rotatable bonds is 6. The molecule has 28 heavy (non-hydrogen) atoms. The van der Waals surface area contributed by atoms with Gasteiger partial charge in [0.15, 0.2) is 5.65 Å². The third-order valence-electron chi connectivity index (χ3n) is 4.92. The molecule has 4 rings (SSSR count). The first kappa shape index (κ1) is 18.5. The highest BCUT2D eigenvalue weighted by atomic mass is 16.5. The summed E-state index contributed by atoms with van der Waals surface area (Å²) in [6.07, 6.45) is 3.27. The van der Waals surface area contributed by atoms with Crippen molar-refractivity contribution in [3.8, 4) is 0 Å². The van der Waals surface area contributed by atoms with Crippen LogP contribution in [0, 0.1) is 0 Å². The second kappa shape index (κ2) is 8.45. The number of aromatic nitrogens is 4. The molecule has 1 aromatic carbocycles. The zero-order valence-electron chi connectivity index (χ0n) is 15.7. The van der Waals surface area contributed by atoms with Crippen molar-refractivity contribution in [2.45, 2.75) is 38.0 Å². The van der Waals surface area contributed by atoms with E-state index in [0.29, 0.717) is 24.4 Å². The van der Waals surface area contributed by atoms with Crippen LogP contribution in [0.1, 0.15) is 41.8 Å². The first-order valence-electron chi connectivity index (χ1n) is 9.48. The molecule has 1 saturated heterocycles. The fourth-order valence-corrected chi connectivity index (χ4v) is 3.45. The number of hydrogen-bond acceptors (Lipinski definition) is 6. The van der Waals surface area contributed by atoms with E-state index in [2.05, 4.69) is 20.8 Å². The Bertz CT molecular complexity index is 924. The van der Waals surface area contributed by atoms with Crippen LogP contribution >= 0.6 is 0 Å². The lowest BCUT2D eigenvalue weighted by Gasteiger charge is -2.32. The van der Waals surface area contributed by atoms with Crippen molar-refractivity contribution in [1.82, 2.24) is 25.4 Å². The summed E-state index contributed by atoms with van der Waals surface area (Å²) in [6, 6.07) is 13.2. The molecule has 1 aliphatic heterocycles. The highest BCUT2D eigenvalue weighted by Crippen LogP contribution is 2.26. The number of carbonyl (C=O) groups excluding carboxylic acids is 1. The smallest absolute Gasteiger partial charge is 0.255 e. The quantitative estimate of drug-likeness (QED) is 0.704. The second-order valence-electron chi connectivity index (χ2n) is 6.91. The van der Waals surface area contributed by atoms with E-state index in [1.165, 1.54) is 4.52 Å². The minimum atomic E-state index is -0.260. The minimum absolute atomic E-state index is 0.113. The maximum Gasteiger partial charge on any atom is 0.255 e. The molecule has 0 saturated carbocycles. The molecule has 0 bridgehead atoms. The topological polar surface area (TPSA) is 90.6 Å². The second-order valence-corrected chi connectivity index (χ2v) is 6.91. The zero-order chi connectivity index (χ0) is 19.3. The summed E-state index contributed by atoms with van der Waals surface area (Å²) in [5, 5.41) is 14.5. The molecule has 1 aliphatic rings. The predicted molar refractivity (Wildman–Crippen MR) is 102 cm³/mol. The molecule has 0 spiro atoms. The van der Waals surface area contributed by atoms with E-state index in [9.17, 15) is 4.79 Å². The van der Waals surface area contributed by atoms with Gasteiger partial charge in [-0.05, 0) is 47.9 Å². The van der Waals surface area contributed by atoms with Crippen molar-refractivity contribution in [2.75, 3.05) is 13.2 Å². The number of benzene rings is 1. The summed E-state index contributed by atoms with van der Waals surface area (Å²) >= 11 is 0. The lowest BCUT2D eigenvalue weighted by atomic mass is 10.0. The fraction of sp³-hybridized carbons (Fsp3) is 0.400. The molecule has 1 amide bonds. The van der Waals surface area contributed by atoms with Gasteiger partial charge in [0, 0.05) is 19.4 Å². The van der Waals surface area contributed by atoms with E-state index < -0.39 is 0 Å². The molecule has 2 unspecified atom stereocenters. The minimum Gasteiger partial charge on any atom is -0.381 e. The van der Waals surface area contributed by atoms with Crippen molar-refractivity contribution >= 4 is 11.6 Å². The Balaban J connectivity index is 1.53. The van der Waals surface area contributed by atoms with E-state index in [0.717, 1.165) is 18.4 Å². The Kier molecular flexibility index (Phi) is 5.59. The number of nitrogens with one attached hydrogen (secondary N) is 1. The third-order valence-corrected chi connectivity index (χ3v) is 4.92. The van der Waals surface area contributed by atoms with Crippen LogP contribution in [-0.2, 0) is 9.47 Å². The molecular formula is C20H23N5O3. The van der Waals surface area contributed by atoms with Gasteiger partial charge in [0.2, 0.25) is 0 Å². The summed E-state index contributed by atoms with van der Waals surface area (Å²) in [6.45, 7) is 3.36. The number of nitrogens with zero attached hydrogens (tertiary/aromatic N) is 4. The molecule has 3 heterocycles. The van der Waals surface area contributed by atoms with E-state index in [4.69, 9.17) is 9.47 Å². The molecule has 2 aromatic heterocycles. The Morgan fingerprint density at radius 2 is 2.00 bits per heavy atom. The molecule has 8 heteroatoms. The number of pyridine rings is 1. The number of tetrazole rings is 1. The van der Waals surface area contributed by atoms with Gasteiger partial charge in [-0.2, -0.15) is 4.52 Å². The number of carbonyl (C=O) groups is 1. The van der Waals surface area contributed by atoms with E-state index >= 15 is 0 Å². The Hall–Kier alpha value is -2.84. The zero-order valence-corrected chi connectivity index (χ0v) is 15.7. The van der Waals surface area contributed by atoms with E-state index in [-0.39, 0.29) is 24.2 Å². The summed E-state index contributed by atoms with van der Waals surface area (Å²) in [5.41, 5.74) is 1.88. The predicted octanol–water partition coefficient (Wildman–Crippen LogP) is 2.18. The van der Waals surface area contributed by atoms with Gasteiger partial charge >= 0.3 is 0 Å². The number of ether oxygens (including phenoxy) is 2. The molecule has 8 nitrogen and oxygen atoms in total. The van der Waals surface area contributed by atoms with Crippen LogP contribution in [0.25, 0.3) is 5.65 Å². The van der Waals surface area contributed by atoms with Crippen molar-refractivity contribution in [2.24, 2.45) is 0 Å². The lowest BCUT2D eigenvalue weighted by molar-refractivity contribution is -0.0785. The first-order valence-corrected chi connectivity index (χ1v) is 9.48. The van der Waals surface area contributed by atoms with Crippen LogP contribution in [0.2, 0.25) is 0 Å². The normalized spacial score (nSPS) is 17.3. The van der Waals surface area contributed by atoms with Crippen molar-refractivity contribution in [3.63, 3.8) is 0 Å². The molecule has 0 radical (unpaired) electrons. The monoisotopic (exact) mass is 381 g/mol. The van der Waals surface area contributed by atoms with Gasteiger partial charge < -0.3 is 14.8 Å². The standard InChI is InChI=1S/C20H23N5O3/c1-14(21-20(26)17-8-5-11-25-19(17)22-23-24-25)18(15-6-3-2-4-7-15)28-16-9-12-27-13-10-16/h2-8,11,14,16,18H,9-10,12-13H2,1H3,(H,21,26). The Morgan fingerprint density at radius 3 is 2.79 bits per heavy atom. The summed E-state index contributed by atoms with van der Waals surface area (Å²) < 4.78 is 13.3. The molecule has 2 atom stereocenters. The highest BCUT2D eigenvalue weighted by molar-refractivity contribution is 5.99. The lowest BCUT2D eigenvalue weighted by Crippen LogP contribution is -2.40. The average Bonchev–Trinajstić information content (AvgIpc) is 3.22. The molecule has 1 fully saturated rings. The van der Waals surface area contributed by atoms with Crippen molar-refractivity contribution in [1.29, 1.82) is 0 Å². The number of fused-ring (bicyclic) bond motifs is 1. The highest BCUT2D eigenvalue weighted by Gasteiger charge is 2.27. The number of hydrogen-bond donors (Lipinski definition) is 1. The largest absolute Gasteiger partial charge is 0.381 e. The van der Waals surface area contributed by atoms with Gasteiger partial charge in [0.25, 0.3) is 5.91 Å². The van der Waals surface area contributed by atoms with Crippen LogP contribution in [0.4, 0.5) is 0 Å². The third kappa shape index (κ3) is 4.02. The number of amides is 1. The SMILES string of the molecule is CC(NC(=O)c1cccn2nnnc12)C(OC1CCOCC1)c1ccccc1. The van der Waals surface area contributed by atoms with Gasteiger partial charge in [-0.3, -0.25) is 4.79 Å². The summed E-state index contributed by atoms with van der Waals surface area (Å²) in [5.74, 6) is -0.232. The van der Waals surface area contributed by atoms with Crippen LogP contribution in [-0.4, -0.2) is 51.3 Å². The van der Waals surface area contributed by atoms with Crippen LogP contribution in [0.5, 0.6) is 0 Å². The maximum absolute atomic E-state index is 12.9. The van der Waals surface area contributed by atoms with Gasteiger partial charge in [0.05, 0.1) is 17.7 Å². The maximum atomic E-state index is 12.9. The molecule has 146 valence electrons. The molecule has 0 aliphatic carbocycles. The van der Waals surface area contributed by atoms with Crippen molar-refractivity contribution < 1.29 is 14.3 Å². The van der Waals surface area contributed by atoms with Gasteiger partial charge in [-0.25, -0.2) is 0 Å².